The molecule has 2 fully saturated rings. The average molecular weight is 272 g/mol. The quantitative estimate of drug-likeness (QED) is 0.782. The summed E-state index contributed by atoms with van der Waals surface area (Å²) in [6, 6.07) is 0.273. The van der Waals surface area contributed by atoms with Gasteiger partial charge in [-0.2, -0.15) is 11.8 Å². The molecule has 2 rings (SSSR count). The summed E-state index contributed by atoms with van der Waals surface area (Å²) in [6.45, 7) is 3.89. The summed E-state index contributed by atoms with van der Waals surface area (Å²) in [5.41, 5.74) is 0. The maximum atomic E-state index is 12.4. The van der Waals surface area contributed by atoms with Crippen molar-refractivity contribution in [2.45, 2.75) is 25.8 Å². The van der Waals surface area contributed by atoms with E-state index < -0.39 is 11.9 Å². The van der Waals surface area contributed by atoms with Crippen molar-refractivity contribution >= 4 is 23.8 Å². The first-order valence-electron chi connectivity index (χ1n) is 6.45. The monoisotopic (exact) mass is 272 g/mol. The summed E-state index contributed by atoms with van der Waals surface area (Å²) < 4.78 is 0. The number of amides is 2. The van der Waals surface area contributed by atoms with E-state index in [1.54, 1.807) is 4.90 Å². The topological polar surface area (TPSA) is 60.9 Å². The minimum absolute atomic E-state index is 0.0220. The van der Waals surface area contributed by atoms with Crippen LogP contribution in [0, 0.1) is 5.92 Å². The van der Waals surface area contributed by atoms with E-state index in [0.29, 0.717) is 19.5 Å². The molecule has 0 aromatic carbocycles. The number of aliphatic carboxylic acids is 1. The molecule has 5 nitrogen and oxygen atoms in total. The first-order valence-corrected chi connectivity index (χ1v) is 7.61. The lowest BCUT2D eigenvalue weighted by Gasteiger charge is -2.39. The number of likely N-dealkylation sites (tertiary alicyclic amines) is 1. The largest absolute Gasteiger partial charge is 0.481 e. The van der Waals surface area contributed by atoms with E-state index in [1.165, 1.54) is 0 Å². The molecular formula is C12H20N2O3S. The Kier molecular flexibility index (Phi) is 4.37. The summed E-state index contributed by atoms with van der Waals surface area (Å²) in [4.78, 5) is 27.0. The fraction of sp³-hybridized carbons (Fsp3) is 0.833. The summed E-state index contributed by atoms with van der Waals surface area (Å²) in [7, 11) is 0. The second-order valence-corrected chi connectivity index (χ2v) is 6.17. The Morgan fingerprint density at radius 2 is 2.11 bits per heavy atom. The smallest absolute Gasteiger partial charge is 0.320 e. The number of nitrogens with zero attached hydrogens (tertiary/aromatic N) is 2. The third kappa shape index (κ3) is 2.91. The fourth-order valence-corrected chi connectivity index (χ4v) is 3.56. The van der Waals surface area contributed by atoms with Crippen molar-refractivity contribution in [2.24, 2.45) is 5.92 Å². The standard InChI is InChI=1S/C12H20N2O3S/c1-9-8-18-6-5-14(9)12(17)13-4-2-3-10(7-13)11(15)16/h9-10H,2-8H2,1H3,(H,15,16)/t9?,10-/m0/s1. The lowest BCUT2D eigenvalue weighted by Crippen LogP contribution is -2.53. The molecule has 2 atom stereocenters. The molecule has 2 aliphatic rings. The van der Waals surface area contributed by atoms with Crippen molar-refractivity contribution in [3.8, 4) is 0 Å². The fourth-order valence-electron chi connectivity index (χ4n) is 2.55. The molecule has 0 spiro atoms. The Hall–Kier alpha value is -0.910. The van der Waals surface area contributed by atoms with E-state index in [9.17, 15) is 9.59 Å². The van der Waals surface area contributed by atoms with Crippen LogP contribution >= 0.6 is 11.8 Å². The van der Waals surface area contributed by atoms with Gasteiger partial charge in [0.1, 0.15) is 0 Å². The van der Waals surface area contributed by atoms with Crippen LogP contribution in [0.15, 0.2) is 0 Å². The minimum Gasteiger partial charge on any atom is -0.481 e. The van der Waals surface area contributed by atoms with Crippen LogP contribution in [0.5, 0.6) is 0 Å². The van der Waals surface area contributed by atoms with E-state index >= 15 is 0 Å². The number of carboxylic acids is 1. The van der Waals surface area contributed by atoms with Crippen LogP contribution in [0.25, 0.3) is 0 Å². The number of hydrogen-bond acceptors (Lipinski definition) is 3. The molecule has 2 aliphatic heterocycles. The Balaban J connectivity index is 1.97. The second kappa shape index (κ2) is 5.82. The highest BCUT2D eigenvalue weighted by molar-refractivity contribution is 7.99. The molecule has 0 radical (unpaired) electrons. The SMILES string of the molecule is CC1CSCCN1C(=O)N1CCC[C@H](C(=O)O)C1. The zero-order valence-electron chi connectivity index (χ0n) is 10.7. The molecular weight excluding hydrogens is 252 g/mol. The summed E-state index contributed by atoms with van der Waals surface area (Å²) >= 11 is 1.87. The molecule has 18 heavy (non-hydrogen) atoms. The second-order valence-electron chi connectivity index (χ2n) is 5.02. The van der Waals surface area contributed by atoms with Gasteiger partial charge in [0.2, 0.25) is 0 Å². The van der Waals surface area contributed by atoms with E-state index in [4.69, 9.17) is 5.11 Å². The highest BCUT2D eigenvalue weighted by atomic mass is 32.2. The molecule has 0 aromatic heterocycles. The van der Waals surface area contributed by atoms with Crippen LogP contribution in [0.2, 0.25) is 0 Å². The number of carbonyl (C=O) groups excluding carboxylic acids is 1. The number of thioether (sulfide) groups is 1. The summed E-state index contributed by atoms with van der Waals surface area (Å²) in [5, 5.41) is 9.05. The molecule has 0 bridgehead atoms. The number of carboxylic acid groups (broad SMARTS) is 1. The number of piperidine rings is 1. The molecule has 0 aliphatic carbocycles. The van der Waals surface area contributed by atoms with Gasteiger partial charge >= 0.3 is 12.0 Å². The molecule has 6 heteroatoms. The van der Waals surface area contributed by atoms with Crippen molar-refractivity contribution in [3.63, 3.8) is 0 Å². The van der Waals surface area contributed by atoms with Crippen molar-refractivity contribution in [3.05, 3.63) is 0 Å². The molecule has 0 saturated carbocycles. The van der Waals surface area contributed by atoms with Crippen LogP contribution in [0.1, 0.15) is 19.8 Å². The van der Waals surface area contributed by atoms with Crippen LogP contribution in [0.3, 0.4) is 0 Å². The van der Waals surface area contributed by atoms with Crippen LogP contribution in [-0.2, 0) is 4.79 Å². The van der Waals surface area contributed by atoms with Gasteiger partial charge in [0.25, 0.3) is 0 Å². The first kappa shape index (κ1) is 13.5. The van der Waals surface area contributed by atoms with Gasteiger partial charge in [0, 0.05) is 37.2 Å². The maximum absolute atomic E-state index is 12.4. The third-order valence-corrected chi connectivity index (χ3v) is 4.84. The normalized spacial score (nSPS) is 29.2. The van der Waals surface area contributed by atoms with Crippen molar-refractivity contribution < 1.29 is 14.7 Å². The molecule has 2 saturated heterocycles. The van der Waals surface area contributed by atoms with Crippen LogP contribution in [0.4, 0.5) is 4.79 Å². The average Bonchev–Trinajstić information content (AvgIpc) is 2.38. The number of urea groups is 1. The maximum Gasteiger partial charge on any atom is 0.320 e. The molecule has 2 amide bonds. The van der Waals surface area contributed by atoms with Gasteiger partial charge in [0.15, 0.2) is 0 Å². The van der Waals surface area contributed by atoms with Gasteiger partial charge < -0.3 is 14.9 Å². The predicted molar refractivity (Wildman–Crippen MR) is 70.8 cm³/mol. The third-order valence-electron chi connectivity index (χ3n) is 3.65. The van der Waals surface area contributed by atoms with Gasteiger partial charge in [-0.1, -0.05) is 0 Å². The predicted octanol–water partition coefficient (Wildman–Crippen LogP) is 1.34. The van der Waals surface area contributed by atoms with Crippen molar-refractivity contribution in [1.82, 2.24) is 9.80 Å². The molecule has 0 aromatic rings. The molecule has 1 unspecified atom stereocenters. The highest BCUT2D eigenvalue weighted by Crippen LogP contribution is 2.22. The van der Waals surface area contributed by atoms with Gasteiger partial charge in [-0.3, -0.25) is 4.79 Å². The molecule has 102 valence electrons. The highest BCUT2D eigenvalue weighted by Gasteiger charge is 2.32. The van der Waals surface area contributed by atoms with Crippen LogP contribution in [-0.4, -0.2) is 64.1 Å². The molecule has 1 N–H and O–H groups in total. The van der Waals surface area contributed by atoms with E-state index in [1.807, 2.05) is 16.7 Å². The Bertz CT molecular complexity index is 337. The van der Waals surface area contributed by atoms with Gasteiger partial charge in [-0.25, -0.2) is 4.79 Å². The summed E-state index contributed by atoms with van der Waals surface area (Å²) in [6.07, 6.45) is 1.48. The lowest BCUT2D eigenvalue weighted by molar-refractivity contribution is -0.143. The van der Waals surface area contributed by atoms with E-state index in [2.05, 4.69) is 6.92 Å². The Labute approximate surface area is 112 Å². The van der Waals surface area contributed by atoms with Gasteiger partial charge in [-0.05, 0) is 19.8 Å². The minimum atomic E-state index is -0.783. The van der Waals surface area contributed by atoms with E-state index in [0.717, 1.165) is 24.5 Å². The number of rotatable bonds is 1. The molecule has 2 heterocycles. The Morgan fingerprint density at radius 3 is 2.78 bits per heavy atom. The lowest BCUT2D eigenvalue weighted by atomic mass is 9.98. The van der Waals surface area contributed by atoms with Crippen molar-refractivity contribution in [2.75, 3.05) is 31.1 Å². The Morgan fingerprint density at radius 1 is 1.33 bits per heavy atom. The van der Waals surface area contributed by atoms with Gasteiger partial charge in [0.05, 0.1) is 5.92 Å². The van der Waals surface area contributed by atoms with Gasteiger partial charge in [-0.15, -0.1) is 0 Å². The zero-order valence-corrected chi connectivity index (χ0v) is 11.5. The number of carbonyl (C=O) groups is 2. The van der Waals surface area contributed by atoms with Crippen molar-refractivity contribution in [1.29, 1.82) is 0 Å². The van der Waals surface area contributed by atoms with Crippen LogP contribution < -0.4 is 0 Å². The first-order chi connectivity index (χ1) is 8.59. The number of hydrogen-bond donors (Lipinski definition) is 1. The van der Waals surface area contributed by atoms with E-state index in [-0.39, 0.29) is 12.1 Å². The summed E-state index contributed by atoms with van der Waals surface area (Å²) in [5.74, 6) is 0.778. The zero-order chi connectivity index (χ0) is 13.1.